The van der Waals surface area contributed by atoms with Gasteiger partial charge in [0.2, 0.25) is 0 Å². The van der Waals surface area contributed by atoms with Crippen LogP contribution in [0.25, 0.3) is 0 Å². The molecule has 1 aromatic carbocycles. The van der Waals surface area contributed by atoms with E-state index in [4.69, 9.17) is 4.84 Å². The van der Waals surface area contributed by atoms with Gasteiger partial charge in [0.15, 0.2) is 0 Å². The van der Waals surface area contributed by atoms with Crippen molar-refractivity contribution in [3.63, 3.8) is 0 Å². The van der Waals surface area contributed by atoms with E-state index in [1.807, 2.05) is 7.05 Å². The van der Waals surface area contributed by atoms with Crippen molar-refractivity contribution in [3.05, 3.63) is 30.3 Å². The first-order valence-electron chi connectivity index (χ1n) is 8.59. The molecule has 1 heterocycles. The zero-order chi connectivity index (χ0) is 15.4. The van der Waals surface area contributed by atoms with Crippen molar-refractivity contribution in [3.8, 4) is 0 Å². The average Bonchev–Trinajstić information content (AvgIpc) is 2.52. The summed E-state index contributed by atoms with van der Waals surface area (Å²) < 4.78 is 0. The van der Waals surface area contributed by atoms with Crippen LogP contribution in [0.2, 0.25) is 0 Å². The number of nitrogens with one attached hydrogen (secondary N) is 1. The van der Waals surface area contributed by atoms with Crippen LogP contribution in [0.1, 0.15) is 25.7 Å². The number of nitrogens with zero attached hydrogens (tertiary/aromatic N) is 2. The van der Waals surface area contributed by atoms with Crippen molar-refractivity contribution in [1.29, 1.82) is 0 Å². The van der Waals surface area contributed by atoms with Gasteiger partial charge in [0, 0.05) is 38.4 Å². The molecule has 0 atom stereocenters. The SMILES string of the molecule is CNOC1CC(N(C)CC2CCN(c3ccccc3)CC2)C1. The van der Waals surface area contributed by atoms with Crippen LogP contribution in [-0.4, -0.2) is 50.8 Å². The van der Waals surface area contributed by atoms with Gasteiger partial charge in [0.1, 0.15) is 0 Å². The lowest BCUT2D eigenvalue weighted by molar-refractivity contribution is -0.0884. The number of para-hydroxylation sites is 1. The summed E-state index contributed by atoms with van der Waals surface area (Å²) in [5, 5.41) is 0. The van der Waals surface area contributed by atoms with Crippen molar-refractivity contribution < 1.29 is 4.84 Å². The van der Waals surface area contributed by atoms with Gasteiger partial charge in [-0.1, -0.05) is 18.2 Å². The van der Waals surface area contributed by atoms with Crippen LogP contribution in [0.15, 0.2) is 30.3 Å². The van der Waals surface area contributed by atoms with E-state index in [2.05, 4.69) is 52.7 Å². The van der Waals surface area contributed by atoms with Crippen LogP contribution in [0, 0.1) is 5.92 Å². The molecule has 4 heteroatoms. The van der Waals surface area contributed by atoms with Crippen molar-refractivity contribution in [2.24, 2.45) is 5.92 Å². The molecule has 22 heavy (non-hydrogen) atoms. The second-order valence-corrected chi connectivity index (χ2v) is 6.77. The monoisotopic (exact) mass is 303 g/mol. The largest absolute Gasteiger partial charge is 0.372 e. The minimum atomic E-state index is 0.414. The first-order valence-corrected chi connectivity index (χ1v) is 8.59. The zero-order valence-electron chi connectivity index (χ0n) is 13.9. The highest BCUT2D eigenvalue weighted by molar-refractivity contribution is 5.46. The van der Waals surface area contributed by atoms with Crippen molar-refractivity contribution >= 4 is 5.69 Å². The molecule has 1 aliphatic carbocycles. The van der Waals surface area contributed by atoms with Gasteiger partial charge in [-0.2, -0.15) is 0 Å². The lowest BCUT2D eigenvalue weighted by atomic mass is 9.87. The van der Waals surface area contributed by atoms with E-state index in [1.54, 1.807) is 0 Å². The van der Waals surface area contributed by atoms with Crippen molar-refractivity contribution in [1.82, 2.24) is 10.4 Å². The Bertz CT molecular complexity index is 439. The third-order valence-corrected chi connectivity index (χ3v) is 5.26. The third kappa shape index (κ3) is 3.80. The molecular weight excluding hydrogens is 274 g/mol. The Morgan fingerprint density at radius 3 is 2.50 bits per heavy atom. The van der Waals surface area contributed by atoms with Crippen LogP contribution in [0.5, 0.6) is 0 Å². The minimum Gasteiger partial charge on any atom is -0.372 e. The molecule has 1 N–H and O–H groups in total. The number of hydrogen-bond acceptors (Lipinski definition) is 4. The van der Waals surface area contributed by atoms with E-state index in [1.165, 1.54) is 51.0 Å². The smallest absolute Gasteiger partial charge is 0.0820 e. The Morgan fingerprint density at radius 1 is 1.18 bits per heavy atom. The van der Waals surface area contributed by atoms with E-state index in [0.29, 0.717) is 12.1 Å². The van der Waals surface area contributed by atoms with Gasteiger partial charge in [-0.15, -0.1) is 0 Å². The molecule has 0 bridgehead atoms. The summed E-state index contributed by atoms with van der Waals surface area (Å²) in [5.41, 5.74) is 4.18. The molecule has 4 nitrogen and oxygen atoms in total. The number of anilines is 1. The van der Waals surface area contributed by atoms with E-state index in [0.717, 1.165) is 5.92 Å². The molecule has 1 saturated carbocycles. The molecule has 2 fully saturated rings. The summed E-state index contributed by atoms with van der Waals surface area (Å²) >= 11 is 0. The van der Waals surface area contributed by atoms with Gasteiger partial charge in [0.05, 0.1) is 6.10 Å². The Hall–Kier alpha value is -1.10. The van der Waals surface area contributed by atoms with Crippen LogP contribution in [-0.2, 0) is 4.84 Å². The number of benzene rings is 1. The van der Waals surface area contributed by atoms with E-state index >= 15 is 0 Å². The van der Waals surface area contributed by atoms with Crippen LogP contribution in [0.3, 0.4) is 0 Å². The fourth-order valence-electron chi connectivity index (χ4n) is 3.73. The number of hydrogen-bond donors (Lipinski definition) is 1. The second-order valence-electron chi connectivity index (χ2n) is 6.77. The van der Waals surface area contributed by atoms with Crippen molar-refractivity contribution in [2.75, 3.05) is 38.6 Å². The Morgan fingerprint density at radius 2 is 1.86 bits per heavy atom. The van der Waals surface area contributed by atoms with Crippen LogP contribution in [0.4, 0.5) is 5.69 Å². The zero-order valence-corrected chi connectivity index (χ0v) is 13.9. The second kappa shape index (κ2) is 7.44. The number of rotatable bonds is 6. The number of hydroxylamine groups is 1. The molecule has 2 aliphatic rings. The minimum absolute atomic E-state index is 0.414. The molecule has 3 rings (SSSR count). The fraction of sp³-hybridized carbons (Fsp3) is 0.667. The summed E-state index contributed by atoms with van der Waals surface area (Å²) in [6.07, 6.45) is 5.36. The Balaban J connectivity index is 1.39. The van der Waals surface area contributed by atoms with Gasteiger partial charge in [0.25, 0.3) is 0 Å². The molecule has 1 aliphatic heterocycles. The predicted molar refractivity (Wildman–Crippen MR) is 91.0 cm³/mol. The Labute approximate surface area is 134 Å². The summed E-state index contributed by atoms with van der Waals surface area (Å²) in [5.74, 6) is 0.842. The lowest BCUT2D eigenvalue weighted by Crippen LogP contribution is -2.49. The van der Waals surface area contributed by atoms with E-state index < -0.39 is 0 Å². The van der Waals surface area contributed by atoms with Gasteiger partial charge in [-0.25, -0.2) is 5.48 Å². The fourth-order valence-corrected chi connectivity index (χ4v) is 3.73. The van der Waals surface area contributed by atoms with E-state index in [9.17, 15) is 0 Å². The molecular formula is C18H29N3O. The molecule has 0 unspecified atom stereocenters. The molecule has 0 spiro atoms. The maximum absolute atomic E-state index is 5.43. The van der Waals surface area contributed by atoms with Crippen LogP contribution >= 0.6 is 0 Å². The summed E-state index contributed by atoms with van der Waals surface area (Å²) in [4.78, 5) is 10.5. The van der Waals surface area contributed by atoms with Crippen LogP contribution < -0.4 is 10.4 Å². The normalized spacial score (nSPS) is 26.2. The van der Waals surface area contributed by atoms with Gasteiger partial charge in [-0.05, 0) is 50.8 Å². The predicted octanol–water partition coefficient (Wildman–Crippen LogP) is 2.52. The lowest BCUT2D eigenvalue weighted by Gasteiger charge is -2.43. The summed E-state index contributed by atoms with van der Waals surface area (Å²) in [6.45, 7) is 3.62. The quantitative estimate of drug-likeness (QED) is 0.817. The first kappa shape index (κ1) is 15.8. The van der Waals surface area contributed by atoms with Gasteiger partial charge < -0.3 is 9.80 Å². The Kier molecular flexibility index (Phi) is 5.34. The number of piperidine rings is 1. The third-order valence-electron chi connectivity index (χ3n) is 5.26. The topological polar surface area (TPSA) is 27.7 Å². The van der Waals surface area contributed by atoms with Crippen molar-refractivity contribution in [2.45, 2.75) is 37.8 Å². The highest BCUT2D eigenvalue weighted by Crippen LogP contribution is 2.29. The average molecular weight is 303 g/mol. The first-order chi connectivity index (χ1) is 10.8. The molecule has 0 aromatic heterocycles. The standard InChI is InChI=1S/C18H29N3O/c1-19-22-18-12-17(13-18)20(2)14-15-8-10-21(11-9-15)16-6-4-3-5-7-16/h3-7,15,17-19H,8-14H2,1-2H3. The molecule has 1 aromatic rings. The van der Waals surface area contributed by atoms with Gasteiger partial charge >= 0.3 is 0 Å². The van der Waals surface area contributed by atoms with Gasteiger partial charge in [-0.3, -0.25) is 4.84 Å². The van der Waals surface area contributed by atoms with E-state index in [-0.39, 0.29) is 0 Å². The summed E-state index contributed by atoms with van der Waals surface area (Å²) in [6, 6.07) is 11.5. The maximum Gasteiger partial charge on any atom is 0.0820 e. The highest BCUT2D eigenvalue weighted by Gasteiger charge is 2.34. The molecule has 0 radical (unpaired) electrons. The molecule has 122 valence electrons. The molecule has 0 amide bonds. The molecule has 1 saturated heterocycles. The maximum atomic E-state index is 5.43. The highest BCUT2D eigenvalue weighted by atomic mass is 16.7. The summed E-state index contributed by atoms with van der Waals surface area (Å²) in [7, 11) is 4.13.